The Morgan fingerprint density at radius 1 is 0.960 bits per heavy atom. The fourth-order valence-corrected chi connectivity index (χ4v) is 3.06. The zero-order chi connectivity index (χ0) is 18.8. The Hall–Kier alpha value is -2.07. The smallest absolute Gasteiger partial charge is 0.417 e. The normalized spacial score (nSPS) is 12.3. The highest BCUT2D eigenvalue weighted by Gasteiger charge is 2.37. The van der Waals surface area contributed by atoms with Crippen molar-refractivity contribution in [1.82, 2.24) is 0 Å². The Kier molecular flexibility index (Phi) is 5.43. The average molecular weight is 383 g/mol. The summed E-state index contributed by atoms with van der Waals surface area (Å²) in [7, 11) is 1.28. The number of halogens is 6. The molecule has 2 rings (SSSR count). The van der Waals surface area contributed by atoms with Gasteiger partial charge in [-0.2, -0.15) is 26.3 Å². The van der Waals surface area contributed by atoms with Crippen LogP contribution in [0.2, 0.25) is 0 Å². The minimum absolute atomic E-state index is 0.101. The van der Waals surface area contributed by atoms with Gasteiger partial charge in [-0.15, -0.1) is 0 Å². The summed E-state index contributed by atoms with van der Waals surface area (Å²) < 4.78 is 77.7. The fraction of sp³-hybridized carbons (Fsp3) is 0.200. The lowest BCUT2D eigenvalue weighted by Crippen LogP contribution is -2.10. The van der Waals surface area contributed by atoms with Crippen LogP contribution in [-0.2, 0) is 17.2 Å². The van der Waals surface area contributed by atoms with Crippen LogP contribution in [0.15, 0.2) is 46.2 Å². The third-order valence-corrected chi connectivity index (χ3v) is 3.98. The van der Waals surface area contributed by atoms with E-state index in [9.17, 15) is 31.4 Å². The standard InChI is InChI=1S/C15H11F6NO2S/c1-24-22-9-5-10(23)7-11(6-9)25-13-4-8(14(16,17)18)2-3-12(13)15(19,20)21/h2-7,22-23H,1H3. The molecule has 10 heteroatoms. The Labute approximate surface area is 142 Å². The highest BCUT2D eigenvalue weighted by atomic mass is 32.2. The quantitative estimate of drug-likeness (QED) is 0.536. The van der Waals surface area contributed by atoms with Crippen LogP contribution in [-0.4, -0.2) is 12.2 Å². The summed E-state index contributed by atoms with van der Waals surface area (Å²) in [5, 5.41) is 9.60. The maximum absolute atomic E-state index is 13.1. The minimum atomic E-state index is -4.82. The van der Waals surface area contributed by atoms with Gasteiger partial charge in [0.25, 0.3) is 0 Å². The number of aromatic hydroxyl groups is 1. The molecular weight excluding hydrogens is 372 g/mol. The third-order valence-electron chi connectivity index (χ3n) is 2.95. The van der Waals surface area contributed by atoms with E-state index in [-0.39, 0.29) is 16.3 Å². The van der Waals surface area contributed by atoms with Gasteiger partial charge in [0.2, 0.25) is 0 Å². The summed E-state index contributed by atoms with van der Waals surface area (Å²) in [4.78, 5) is 4.10. The van der Waals surface area contributed by atoms with Gasteiger partial charge in [-0.3, -0.25) is 10.3 Å². The monoisotopic (exact) mass is 383 g/mol. The number of phenolic OH excluding ortho intramolecular Hbond substituents is 1. The van der Waals surface area contributed by atoms with Crippen molar-refractivity contribution in [3.8, 4) is 5.75 Å². The number of hydrogen-bond acceptors (Lipinski definition) is 4. The van der Waals surface area contributed by atoms with Crippen LogP contribution in [0.4, 0.5) is 32.0 Å². The molecule has 0 heterocycles. The molecule has 0 atom stereocenters. The lowest BCUT2D eigenvalue weighted by atomic mass is 10.1. The Bertz CT molecular complexity index is 761. The molecule has 0 amide bonds. The van der Waals surface area contributed by atoms with Crippen molar-refractivity contribution in [3.63, 3.8) is 0 Å². The van der Waals surface area contributed by atoms with Crippen molar-refractivity contribution in [2.24, 2.45) is 0 Å². The fourth-order valence-electron chi connectivity index (χ4n) is 1.96. The molecule has 0 saturated heterocycles. The van der Waals surface area contributed by atoms with Crippen molar-refractivity contribution < 1.29 is 36.3 Å². The Morgan fingerprint density at radius 3 is 2.20 bits per heavy atom. The molecule has 0 spiro atoms. The predicted octanol–water partition coefficient (Wildman–Crippen LogP) is 5.55. The lowest BCUT2D eigenvalue weighted by molar-refractivity contribution is -0.143. The van der Waals surface area contributed by atoms with E-state index in [1.54, 1.807) is 0 Å². The lowest BCUT2D eigenvalue weighted by Gasteiger charge is -2.16. The molecule has 0 aliphatic heterocycles. The first kappa shape index (κ1) is 19.3. The summed E-state index contributed by atoms with van der Waals surface area (Å²) in [6, 6.07) is 4.90. The molecule has 0 aromatic heterocycles. The number of hydrogen-bond donors (Lipinski definition) is 2. The Morgan fingerprint density at radius 2 is 1.64 bits per heavy atom. The van der Waals surface area contributed by atoms with E-state index in [1.807, 2.05) is 0 Å². The second-order valence-corrected chi connectivity index (χ2v) is 5.95. The molecule has 2 N–H and O–H groups in total. The van der Waals surface area contributed by atoms with Gasteiger partial charge < -0.3 is 5.11 Å². The summed E-state index contributed by atoms with van der Waals surface area (Å²) in [5.74, 6) is -0.287. The number of benzene rings is 2. The number of alkyl halides is 6. The molecule has 0 fully saturated rings. The van der Waals surface area contributed by atoms with Crippen molar-refractivity contribution >= 4 is 17.4 Å². The van der Waals surface area contributed by atoms with Crippen LogP contribution < -0.4 is 5.48 Å². The highest BCUT2D eigenvalue weighted by Crippen LogP contribution is 2.43. The van der Waals surface area contributed by atoms with Crippen LogP contribution in [0.3, 0.4) is 0 Å². The molecule has 2 aromatic rings. The third kappa shape index (κ3) is 4.95. The van der Waals surface area contributed by atoms with E-state index < -0.39 is 28.4 Å². The van der Waals surface area contributed by atoms with Gasteiger partial charge in [0.05, 0.1) is 23.9 Å². The van der Waals surface area contributed by atoms with E-state index in [2.05, 4.69) is 10.3 Å². The largest absolute Gasteiger partial charge is 0.508 e. The molecule has 25 heavy (non-hydrogen) atoms. The topological polar surface area (TPSA) is 41.5 Å². The molecule has 0 aliphatic rings. The van der Waals surface area contributed by atoms with Crippen LogP contribution in [0.25, 0.3) is 0 Å². The first-order valence-corrected chi connectivity index (χ1v) is 7.41. The molecule has 0 bridgehead atoms. The van der Waals surface area contributed by atoms with Gasteiger partial charge in [0.15, 0.2) is 0 Å². The van der Waals surface area contributed by atoms with Crippen molar-refractivity contribution in [2.45, 2.75) is 22.1 Å². The second kappa shape index (κ2) is 7.04. The van der Waals surface area contributed by atoms with Gasteiger partial charge >= 0.3 is 12.4 Å². The number of rotatable bonds is 4. The highest BCUT2D eigenvalue weighted by molar-refractivity contribution is 7.99. The van der Waals surface area contributed by atoms with Crippen molar-refractivity contribution in [1.29, 1.82) is 0 Å². The van der Waals surface area contributed by atoms with E-state index in [4.69, 9.17) is 0 Å². The van der Waals surface area contributed by atoms with Gasteiger partial charge in [0.1, 0.15) is 5.75 Å². The predicted molar refractivity (Wildman–Crippen MR) is 79.3 cm³/mol. The zero-order valence-corrected chi connectivity index (χ0v) is 13.3. The van der Waals surface area contributed by atoms with E-state index in [1.165, 1.54) is 19.2 Å². The van der Waals surface area contributed by atoms with Gasteiger partial charge in [-0.05, 0) is 30.3 Å². The summed E-state index contributed by atoms with van der Waals surface area (Å²) >= 11 is 0.450. The molecule has 0 saturated carbocycles. The summed E-state index contributed by atoms with van der Waals surface area (Å²) in [5.41, 5.74) is 0.212. The number of nitrogens with one attached hydrogen (secondary N) is 1. The number of phenols is 1. The van der Waals surface area contributed by atoms with Gasteiger partial charge in [-0.1, -0.05) is 11.8 Å². The minimum Gasteiger partial charge on any atom is -0.508 e. The van der Waals surface area contributed by atoms with Gasteiger partial charge in [0, 0.05) is 15.9 Å². The first-order chi connectivity index (χ1) is 11.5. The number of anilines is 1. The van der Waals surface area contributed by atoms with E-state index in [0.717, 1.165) is 6.07 Å². The van der Waals surface area contributed by atoms with Crippen LogP contribution >= 0.6 is 11.8 Å². The summed E-state index contributed by atoms with van der Waals surface area (Å²) in [6.07, 6.45) is -9.60. The van der Waals surface area contributed by atoms with Crippen LogP contribution in [0.1, 0.15) is 11.1 Å². The first-order valence-electron chi connectivity index (χ1n) is 6.60. The Balaban J connectivity index is 2.50. The van der Waals surface area contributed by atoms with E-state index in [0.29, 0.717) is 30.0 Å². The molecule has 0 aliphatic carbocycles. The van der Waals surface area contributed by atoms with Crippen molar-refractivity contribution in [3.05, 3.63) is 47.5 Å². The second-order valence-electron chi connectivity index (χ2n) is 4.83. The maximum atomic E-state index is 13.1. The van der Waals surface area contributed by atoms with Crippen molar-refractivity contribution in [2.75, 3.05) is 12.6 Å². The maximum Gasteiger partial charge on any atom is 0.417 e. The zero-order valence-electron chi connectivity index (χ0n) is 12.5. The molecule has 2 aromatic carbocycles. The molecule has 0 unspecified atom stereocenters. The van der Waals surface area contributed by atoms with Crippen LogP contribution in [0.5, 0.6) is 5.75 Å². The van der Waals surface area contributed by atoms with E-state index >= 15 is 0 Å². The molecule has 136 valence electrons. The summed E-state index contributed by atoms with van der Waals surface area (Å²) in [6.45, 7) is 0. The van der Waals surface area contributed by atoms with Crippen LogP contribution in [0, 0.1) is 0 Å². The molecule has 3 nitrogen and oxygen atoms in total. The molecular formula is C15H11F6NO2S. The average Bonchev–Trinajstić information content (AvgIpc) is 2.44. The van der Waals surface area contributed by atoms with Gasteiger partial charge in [-0.25, -0.2) is 0 Å². The SMILES string of the molecule is CONc1cc(O)cc(Sc2cc(C(F)(F)F)ccc2C(F)(F)F)c1. The molecule has 0 radical (unpaired) electrons.